The van der Waals surface area contributed by atoms with Crippen LogP contribution in [-0.4, -0.2) is 31.6 Å². The van der Waals surface area contributed by atoms with E-state index >= 15 is 0 Å². The summed E-state index contributed by atoms with van der Waals surface area (Å²) in [7, 11) is 1.34. The first-order valence-electron chi connectivity index (χ1n) is 7.95. The molecule has 0 spiro atoms. The fourth-order valence-corrected chi connectivity index (χ4v) is 2.86. The lowest BCUT2D eigenvalue weighted by molar-refractivity contribution is -0.126. The summed E-state index contributed by atoms with van der Waals surface area (Å²) in [6.07, 6.45) is -0.199. The molecule has 0 saturated carbocycles. The summed E-state index contributed by atoms with van der Waals surface area (Å²) < 4.78 is 23.7. The van der Waals surface area contributed by atoms with Crippen LogP contribution in [0, 0.1) is 5.82 Å². The number of hydrogen-bond acceptors (Lipinski definition) is 4. The van der Waals surface area contributed by atoms with Crippen molar-refractivity contribution in [3.63, 3.8) is 0 Å². The highest BCUT2D eigenvalue weighted by molar-refractivity contribution is 6.00. The number of carbonyl (C=O) groups is 2. The Bertz CT molecular complexity index is 821. The minimum absolute atomic E-state index is 0.0276. The Morgan fingerprint density at radius 3 is 2.68 bits per heavy atom. The average Bonchev–Trinajstić information content (AvgIpc) is 3.04. The molecule has 1 aliphatic heterocycles. The SMILES string of the molecule is COc1ccc(C(=O)O[C@H](C)C(=O)N2CCc3ccccc32)cc1F. The van der Waals surface area contributed by atoms with Crippen LogP contribution in [0.4, 0.5) is 10.1 Å². The number of esters is 1. The zero-order chi connectivity index (χ0) is 18.0. The number of ether oxygens (including phenoxy) is 2. The molecule has 1 atom stereocenters. The van der Waals surface area contributed by atoms with Crippen LogP contribution >= 0.6 is 0 Å². The van der Waals surface area contributed by atoms with Crippen molar-refractivity contribution in [2.45, 2.75) is 19.4 Å². The summed E-state index contributed by atoms with van der Waals surface area (Å²) in [6, 6.07) is 11.4. The monoisotopic (exact) mass is 343 g/mol. The number of carbonyl (C=O) groups excluding carboxylic acids is 2. The number of rotatable bonds is 4. The van der Waals surface area contributed by atoms with Gasteiger partial charge in [0.1, 0.15) is 0 Å². The van der Waals surface area contributed by atoms with Crippen molar-refractivity contribution in [1.82, 2.24) is 0 Å². The number of amides is 1. The highest BCUT2D eigenvalue weighted by Crippen LogP contribution is 2.28. The molecule has 1 heterocycles. The third kappa shape index (κ3) is 3.33. The van der Waals surface area contributed by atoms with Crippen LogP contribution in [-0.2, 0) is 16.0 Å². The van der Waals surface area contributed by atoms with Crippen molar-refractivity contribution in [1.29, 1.82) is 0 Å². The average molecular weight is 343 g/mol. The fourth-order valence-electron chi connectivity index (χ4n) is 2.86. The van der Waals surface area contributed by atoms with Crippen molar-refractivity contribution < 1.29 is 23.5 Å². The smallest absolute Gasteiger partial charge is 0.339 e. The zero-order valence-corrected chi connectivity index (χ0v) is 14.0. The lowest BCUT2D eigenvalue weighted by atomic mass is 10.2. The van der Waals surface area contributed by atoms with E-state index in [9.17, 15) is 14.0 Å². The van der Waals surface area contributed by atoms with Gasteiger partial charge in [0.25, 0.3) is 5.91 Å². The molecular weight excluding hydrogens is 325 g/mol. The van der Waals surface area contributed by atoms with Crippen LogP contribution in [0.25, 0.3) is 0 Å². The second kappa shape index (κ2) is 6.93. The van der Waals surface area contributed by atoms with Gasteiger partial charge < -0.3 is 14.4 Å². The van der Waals surface area contributed by atoms with Crippen LogP contribution in [0.3, 0.4) is 0 Å². The number of fused-ring (bicyclic) bond motifs is 1. The molecule has 2 aromatic rings. The van der Waals surface area contributed by atoms with E-state index < -0.39 is 17.9 Å². The van der Waals surface area contributed by atoms with E-state index in [0.717, 1.165) is 23.7 Å². The Labute approximate surface area is 145 Å². The second-order valence-corrected chi connectivity index (χ2v) is 5.77. The van der Waals surface area contributed by atoms with Gasteiger partial charge in [-0.1, -0.05) is 18.2 Å². The van der Waals surface area contributed by atoms with Gasteiger partial charge in [0.2, 0.25) is 0 Å². The van der Waals surface area contributed by atoms with E-state index in [1.54, 1.807) is 4.90 Å². The Balaban J connectivity index is 1.70. The maximum Gasteiger partial charge on any atom is 0.339 e. The van der Waals surface area contributed by atoms with Crippen LogP contribution in [0.5, 0.6) is 5.75 Å². The van der Waals surface area contributed by atoms with Crippen molar-refractivity contribution in [3.8, 4) is 5.75 Å². The van der Waals surface area contributed by atoms with Gasteiger partial charge in [0, 0.05) is 12.2 Å². The van der Waals surface area contributed by atoms with E-state index in [1.807, 2.05) is 24.3 Å². The molecule has 0 aliphatic carbocycles. The quantitative estimate of drug-likeness (QED) is 0.801. The number of methoxy groups -OCH3 is 1. The highest BCUT2D eigenvalue weighted by atomic mass is 19.1. The third-order valence-electron chi connectivity index (χ3n) is 4.17. The number of anilines is 1. The Morgan fingerprint density at radius 1 is 1.20 bits per heavy atom. The maximum absolute atomic E-state index is 13.7. The van der Waals surface area contributed by atoms with Crippen LogP contribution < -0.4 is 9.64 Å². The predicted molar refractivity (Wildman–Crippen MR) is 90.3 cm³/mol. The summed E-state index contributed by atoms with van der Waals surface area (Å²) >= 11 is 0. The van der Waals surface area contributed by atoms with Gasteiger partial charge in [-0.05, 0) is 43.2 Å². The molecule has 0 unspecified atom stereocenters. The molecule has 1 amide bonds. The Hall–Kier alpha value is -2.89. The molecule has 130 valence electrons. The highest BCUT2D eigenvalue weighted by Gasteiger charge is 2.30. The van der Waals surface area contributed by atoms with Crippen molar-refractivity contribution in [2.24, 2.45) is 0 Å². The molecule has 6 heteroatoms. The van der Waals surface area contributed by atoms with E-state index in [4.69, 9.17) is 9.47 Å². The summed E-state index contributed by atoms with van der Waals surface area (Å²) in [6.45, 7) is 2.07. The molecule has 0 aromatic heterocycles. The van der Waals surface area contributed by atoms with Crippen molar-refractivity contribution >= 4 is 17.6 Å². The molecule has 2 aromatic carbocycles. The van der Waals surface area contributed by atoms with E-state index in [0.29, 0.717) is 6.54 Å². The predicted octanol–water partition coefficient (Wildman–Crippen LogP) is 2.97. The molecule has 0 bridgehead atoms. The molecule has 0 N–H and O–H groups in total. The standard InChI is InChI=1S/C19H18FNO4/c1-12(18(22)21-10-9-13-5-3-4-6-16(13)21)25-19(23)14-7-8-17(24-2)15(20)11-14/h3-8,11-12H,9-10H2,1-2H3/t12-/m1/s1. The maximum atomic E-state index is 13.7. The number of benzene rings is 2. The lowest BCUT2D eigenvalue weighted by Gasteiger charge is -2.21. The first-order chi connectivity index (χ1) is 12.0. The van der Waals surface area contributed by atoms with Crippen LogP contribution in [0.1, 0.15) is 22.8 Å². The number of nitrogens with zero attached hydrogens (tertiary/aromatic N) is 1. The first-order valence-corrected chi connectivity index (χ1v) is 7.95. The fraction of sp³-hybridized carbons (Fsp3) is 0.263. The van der Waals surface area contributed by atoms with Gasteiger partial charge >= 0.3 is 5.97 Å². The molecule has 25 heavy (non-hydrogen) atoms. The van der Waals surface area contributed by atoms with Crippen LogP contribution in [0.2, 0.25) is 0 Å². The number of para-hydroxylation sites is 1. The molecule has 0 radical (unpaired) electrons. The Morgan fingerprint density at radius 2 is 1.96 bits per heavy atom. The van der Waals surface area contributed by atoms with Gasteiger partial charge in [-0.2, -0.15) is 0 Å². The summed E-state index contributed by atoms with van der Waals surface area (Å²) in [5.74, 6) is -1.68. The van der Waals surface area contributed by atoms with Gasteiger partial charge in [-0.15, -0.1) is 0 Å². The summed E-state index contributed by atoms with van der Waals surface area (Å²) in [4.78, 5) is 26.4. The molecule has 0 saturated heterocycles. The third-order valence-corrected chi connectivity index (χ3v) is 4.17. The second-order valence-electron chi connectivity index (χ2n) is 5.77. The zero-order valence-electron chi connectivity index (χ0n) is 14.0. The molecule has 3 rings (SSSR count). The van der Waals surface area contributed by atoms with Crippen molar-refractivity contribution in [3.05, 3.63) is 59.4 Å². The van der Waals surface area contributed by atoms with Gasteiger partial charge in [0.15, 0.2) is 17.7 Å². The lowest BCUT2D eigenvalue weighted by Crippen LogP contribution is -2.39. The first kappa shape index (κ1) is 17.0. The van der Waals surface area contributed by atoms with Gasteiger partial charge in [0.05, 0.1) is 12.7 Å². The topological polar surface area (TPSA) is 55.8 Å². The molecule has 0 fully saturated rings. The van der Waals surface area contributed by atoms with Gasteiger partial charge in [-0.25, -0.2) is 9.18 Å². The summed E-state index contributed by atoms with van der Waals surface area (Å²) in [5, 5.41) is 0. The Kier molecular flexibility index (Phi) is 4.70. The normalized spacial score (nSPS) is 14.0. The molecular formula is C19H18FNO4. The van der Waals surface area contributed by atoms with E-state index in [2.05, 4.69) is 0 Å². The number of halogens is 1. The summed E-state index contributed by atoms with van der Waals surface area (Å²) in [5.41, 5.74) is 1.96. The van der Waals surface area contributed by atoms with Crippen molar-refractivity contribution in [2.75, 3.05) is 18.6 Å². The van der Waals surface area contributed by atoms with E-state index in [1.165, 1.54) is 26.2 Å². The molecule has 5 nitrogen and oxygen atoms in total. The minimum atomic E-state index is -0.969. The van der Waals surface area contributed by atoms with E-state index in [-0.39, 0.29) is 17.2 Å². The number of hydrogen-bond donors (Lipinski definition) is 0. The molecule has 1 aliphatic rings. The van der Waals surface area contributed by atoms with Gasteiger partial charge in [-0.3, -0.25) is 4.79 Å². The minimum Gasteiger partial charge on any atom is -0.494 e. The largest absolute Gasteiger partial charge is 0.494 e. The van der Waals surface area contributed by atoms with Crippen LogP contribution in [0.15, 0.2) is 42.5 Å².